The summed E-state index contributed by atoms with van der Waals surface area (Å²) in [4.78, 5) is 0. The lowest BCUT2D eigenvalue weighted by atomic mass is 9.68. The fourth-order valence-corrected chi connectivity index (χ4v) is 4.63. The van der Waals surface area contributed by atoms with Crippen LogP contribution in [0.1, 0.15) is 69.8 Å². The van der Waals surface area contributed by atoms with Gasteiger partial charge in [0, 0.05) is 0 Å². The molecule has 1 nitrogen and oxygen atoms in total. The molecule has 27 heavy (non-hydrogen) atoms. The van der Waals surface area contributed by atoms with E-state index in [0.717, 1.165) is 36.2 Å². The SMILES string of the molecule is CC1CCC(C2CCC(c3ccc(OCF)c(F)c3)CC2)CC1.FC(F)F. The molecule has 0 aliphatic heterocycles. The highest BCUT2D eigenvalue weighted by Gasteiger charge is 2.30. The highest BCUT2D eigenvalue weighted by atomic mass is 19.4. The maximum Gasteiger partial charge on any atom is 0.379 e. The highest BCUT2D eigenvalue weighted by Crippen LogP contribution is 2.44. The van der Waals surface area contributed by atoms with Crippen molar-refractivity contribution in [3.8, 4) is 5.75 Å². The fourth-order valence-electron chi connectivity index (χ4n) is 4.63. The van der Waals surface area contributed by atoms with E-state index in [1.807, 2.05) is 6.07 Å². The van der Waals surface area contributed by atoms with E-state index in [4.69, 9.17) is 0 Å². The zero-order valence-electron chi connectivity index (χ0n) is 15.8. The van der Waals surface area contributed by atoms with E-state index in [-0.39, 0.29) is 5.75 Å². The predicted octanol–water partition coefficient (Wildman–Crippen LogP) is 7.41. The minimum absolute atomic E-state index is 0.0151. The van der Waals surface area contributed by atoms with Crippen LogP contribution in [0.2, 0.25) is 0 Å². The minimum Gasteiger partial charge on any atom is -0.460 e. The van der Waals surface area contributed by atoms with E-state index in [2.05, 4.69) is 11.7 Å². The summed E-state index contributed by atoms with van der Waals surface area (Å²) in [6, 6.07) is 5.01. The van der Waals surface area contributed by atoms with Crippen molar-refractivity contribution in [1.29, 1.82) is 0 Å². The predicted molar refractivity (Wildman–Crippen MR) is 95.9 cm³/mol. The Kier molecular flexibility index (Phi) is 8.84. The summed E-state index contributed by atoms with van der Waals surface area (Å²) in [5, 5.41) is 0. The van der Waals surface area contributed by atoms with Crippen molar-refractivity contribution >= 4 is 0 Å². The first kappa shape index (κ1) is 22.0. The van der Waals surface area contributed by atoms with Crippen LogP contribution in [0, 0.1) is 23.6 Å². The second-order valence-corrected chi connectivity index (χ2v) is 7.82. The van der Waals surface area contributed by atoms with Gasteiger partial charge in [0.2, 0.25) is 6.86 Å². The molecule has 0 aromatic heterocycles. The minimum atomic E-state index is -3.67. The quantitative estimate of drug-likeness (QED) is 0.485. The van der Waals surface area contributed by atoms with Crippen LogP contribution in [-0.4, -0.2) is 13.5 Å². The monoisotopic (exact) mass is 392 g/mol. The third kappa shape index (κ3) is 6.96. The van der Waals surface area contributed by atoms with Crippen molar-refractivity contribution in [1.82, 2.24) is 0 Å². The van der Waals surface area contributed by atoms with Gasteiger partial charge in [-0.1, -0.05) is 25.8 Å². The van der Waals surface area contributed by atoms with Gasteiger partial charge in [0.1, 0.15) is 0 Å². The Morgan fingerprint density at radius 2 is 1.44 bits per heavy atom. The summed E-state index contributed by atoms with van der Waals surface area (Å²) in [7, 11) is 0. The second-order valence-electron chi connectivity index (χ2n) is 7.82. The maximum absolute atomic E-state index is 13.9. The van der Waals surface area contributed by atoms with Gasteiger partial charge in [-0.25, -0.2) is 8.78 Å². The Labute approximate surface area is 158 Å². The number of hydrogen-bond donors (Lipinski definition) is 0. The summed E-state index contributed by atoms with van der Waals surface area (Å²) in [5.74, 6) is 2.73. The molecule has 2 fully saturated rings. The zero-order valence-corrected chi connectivity index (χ0v) is 15.8. The molecule has 0 spiro atoms. The smallest absolute Gasteiger partial charge is 0.379 e. The molecule has 6 heteroatoms. The van der Waals surface area contributed by atoms with Crippen LogP contribution in [0.3, 0.4) is 0 Å². The van der Waals surface area contributed by atoms with Crippen molar-refractivity contribution in [2.45, 2.75) is 70.9 Å². The Morgan fingerprint density at radius 3 is 1.93 bits per heavy atom. The normalized spacial score (nSPS) is 28.4. The largest absolute Gasteiger partial charge is 0.460 e. The Hall–Kier alpha value is -1.33. The number of hydrogen-bond acceptors (Lipinski definition) is 1. The Bertz CT molecular complexity index is 547. The van der Waals surface area contributed by atoms with E-state index >= 15 is 0 Å². The molecular weight excluding hydrogens is 363 g/mol. The molecule has 0 N–H and O–H groups in total. The van der Waals surface area contributed by atoms with Crippen LogP contribution in [-0.2, 0) is 0 Å². The molecule has 154 valence electrons. The number of rotatable bonds is 4. The molecule has 0 bridgehead atoms. The van der Waals surface area contributed by atoms with Gasteiger partial charge in [-0.3, -0.25) is 0 Å². The number of ether oxygens (including phenoxy) is 1. The molecule has 0 radical (unpaired) electrons. The summed E-state index contributed by atoms with van der Waals surface area (Å²) >= 11 is 0. The van der Waals surface area contributed by atoms with Crippen molar-refractivity contribution in [2.75, 3.05) is 6.86 Å². The molecule has 3 rings (SSSR count). The van der Waals surface area contributed by atoms with Gasteiger partial charge in [0.05, 0.1) is 0 Å². The first-order valence-electron chi connectivity index (χ1n) is 9.81. The van der Waals surface area contributed by atoms with Crippen LogP contribution in [0.5, 0.6) is 5.75 Å². The molecule has 2 aliphatic carbocycles. The standard InChI is InChI=1S/C20H28F2O.CHF3/c1-14-2-4-15(5-3-14)16-6-8-17(9-7-16)18-10-11-20(23-13-21)19(22)12-18;2-1(3)4/h10-12,14-17H,2-9,13H2,1H3;1H. The lowest BCUT2D eigenvalue weighted by Crippen LogP contribution is -2.24. The van der Waals surface area contributed by atoms with Gasteiger partial charge >= 0.3 is 6.68 Å². The van der Waals surface area contributed by atoms with Crippen molar-refractivity contribution < 1.29 is 26.7 Å². The highest BCUT2D eigenvalue weighted by molar-refractivity contribution is 5.31. The molecule has 1 aromatic rings. The molecule has 0 saturated heterocycles. The van der Waals surface area contributed by atoms with Crippen LogP contribution in [0.4, 0.5) is 22.0 Å². The Morgan fingerprint density at radius 1 is 0.926 bits per heavy atom. The first-order chi connectivity index (χ1) is 12.9. The second kappa shape index (κ2) is 10.9. The van der Waals surface area contributed by atoms with E-state index in [9.17, 15) is 22.0 Å². The number of benzene rings is 1. The van der Waals surface area contributed by atoms with Crippen LogP contribution >= 0.6 is 0 Å². The lowest BCUT2D eigenvalue weighted by Gasteiger charge is -2.37. The molecule has 0 heterocycles. The zero-order chi connectivity index (χ0) is 19.8. The van der Waals surface area contributed by atoms with Gasteiger partial charge in [-0.15, -0.1) is 0 Å². The average Bonchev–Trinajstić information content (AvgIpc) is 2.64. The summed E-state index contributed by atoms with van der Waals surface area (Å²) in [6.45, 7) is -2.28. The fraction of sp³-hybridized carbons (Fsp3) is 0.714. The molecular formula is C21H29F5O. The molecule has 0 amide bonds. The molecule has 2 saturated carbocycles. The summed E-state index contributed by atoms with van der Waals surface area (Å²) in [5.41, 5.74) is 1.05. The van der Waals surface area contributed by atoms with Gasteiger partial charge < -0.3 is 4.74 Å². The van der Waals surface area contributed by atoms with Crippen molar-refractivity contribution in [2.24, 2.45) is 17.8 Å². The average molecular weight is 392 g/mol. The maximum atomic E-state index is 13.9. The Balaban J connectivity index is 0.000000596. The van der Waals surface area contributed by atoms with E-state index in [1.54, 1.807) is 6.07 Å². The van der Waals surface area contributed by atoms with E-state index < -0.39 is 19.4 Å². The number of halogens is 5. The summed E-state index contributed by atoms with van der Waals surface area (Å²) < 4.78 is 59.7. The third-order valence-corrected chi connectivity index (χ3v) is 6.14. The molecule has 1 aromatic carbocycles. The molecule has 0 atom stereocenters. The van der Waals surface area contributed by atoms with Gasteiger partial charge in [0.25, 0.3) is 0 Å². The lowest BCUT2D eigenvalue weighted by molar-refractivity contribution is 0.00819. The van der Waals surface area contributed by atoms with E-state index in [1.165, 1.54) is 44.6 Å². The number of alkyl halides is 4. The van der Waals surface area contributed by atoms with E-state index in [0.29, 0.717) is 5.92 Å². The molecule has 0 unspecified atom stereocenters. The van der Waals surface area contributed by atoms with Crippen molar-refractivity contribution in [3.05, 3.63) is 29.6 Å². The van der Waals surface area contributed by atoms with Crippen LogP contribution < -0.4 is 4.74 Å². The summed E-state index contributed by atoms with van der Waals surface area (Å²) in [6.07, 6.45) is 10.4. The topological polar surface area (TPSA) is 9.23 Å². The van der Waals surface area contributed by atoms with Gasteiger partial charge in [0.15, 0.2) is 11.6 Å². The third-order valence-electron chi connectivity index (χ3n) is 6.14. The van der Waals surface area contributed by atoms with Crippen LogP contribution in [0.25, 0.3) is 0 Å². The first-order valence-corrected chi connectivity index (χ1v) is 9.81. The van der Waals surface area contributed by atoms with Crippen molar-refractivity contribution in [3.63, 3.8) is 0 Å². The molecule has 2 aliphatic rings. The van der Waals surface area contributed by atoms with Crippen LogP contribution in [0.15, 0.2) is 18.2 Å². The van der Waals surface area contributed by atoms with Gasteiger partial charge in [-0.05, 0) is 79.9 Å². The van der Waals surface area contributed by atoms with Gasteiger partial charge in [-0.2, -0.15) is 13.2 Å².